The summed E-state index contributed by atoms with van der Waals surface area (Å²) >= 11 is 0. The molecule has 1 aliphatic carbocycles. The third-order valence-electron chi connectivity index (χ3n) is 3.09. The number of nitrogens with one attached hydrogen (secondary N) is 2. The Morgan fingerprint density at radius 2 is 1.76 bits per heavy atom. The Hall–Kier alpha value is -0.130. The summed E-state index contributed by atoms with van der Waals surface area (Å²) in [5.41, 5.74) is 0. The number of hydrogen-bond acceptors (Lipinski definition) is 3. The fourth-order valence-corrected chi connectivity index (χ4v) is 3.01. The summed E-state index contributed by atoms with van der Waals surface area (Å²) in [5, 5.41) is 2.78. The highest BCUT2D eigenvalue weighted by atomic mass is 32.2. The Bertz CT molecular complexity index is 323. The molecule has 0 saturated heterocycles. The molecule has 0 aromatic carbocycles. The van der Waals surface area contributed by atoms with Crippen LogP contribution in [0.2, 0.25) is 0 Å². The van der Waals surface area contributed by atoms with Gasteiger partial charge in [-0.05, 0) is 26.2 Å². The van der Waals surface area contributed by atoms with Gasteiger partial charge in [0.15, 0.2) is 0 Å². The minimum absolute atomic E-state index is 0.0639. The Morgan fingerprint density at radius 1 is 1.18 bits per heavy atom. The molecule has 1 saturated carbocycles. The van der Waals surface area contributed by atoms with Crippen LogP contribution >= 0.6 is 0 Å². The molecule has 2 atom stereocenters. The van der Waals surface area contributed by atoms with Crippen molar-refractivity contribution in [2.45, 2.75) is 64.3 Å². The van der Waals surface area contributed by atoms with Gasteiger partial charge in [-0.25, -0.2) is 13.1 Å². The van der Waals surface area contributed by atoms with Gasteiger partial charge in [-0.2, -0.15) is 0 Å². The molecule has 0 spiro atoms. The molecule has 102 valence electrons. The molecule has 4 nitrogen and oxygen atoms in total. The van der Waals surface area contributed by atoms with Crippen LogP contribution in [0.3, 0.4) is 0 Å². The second-order valence-corrected chi connectivity index (χ2v) is 7.75. The molecule has 1 fully saturated rings. The molecule has 17 heavy (non-hydrogen) atoms. The zero-order valence-electron chi connectivity index (χ0n) is 11.4. The predicted molar refractivity (Wildman–Crippen MR) is 71.5 cm³/mol. The van der Waals surface area contributed by atoms with Gasteiger partial charge in [-0.3, -0.25) is 0 Å². The van der Waals surface area contributed by atoms with E-state index in [1.54, 1.807) is 6.92 Å². The summed E-state index contributed by atoms with van der Waals surface area (Å²) in [7, 11) is -3.19. The lowest BCUT2D eigenvalue weighted by Crippen LogP contribution is -2.43. The average Bonchev–Trinajstić information content (AvgIpc) is 2.96. The van der Waals surface area contributed by atoms with Gasteiger partial charge >= 0.3 is 0 Å². The zero-order valence-corrected chi connectivity index (χ0v) is 12.2. The molecule has 0 aromatic rings. The van der Waals surface area contributed by atoms with E-state index in [9.17, 15) is 8.42 Å². The smallest absolute Gasteiger partial charge is 0.215 e. The fourth-order valence-electron chi connectivity index (χ4n) is 1.81. The second-order valence-electron chi connectivity index (χ2n) is 5.62. The molecule has 1 rings (SSSR count). The molecular weight excluding hydrogens is 236 g/mol. The number of rotatable bonds is 8. The first-order valence-electron chi connectivity index (χ1n) is 6.55. The molecule has 0 aromatic heterocycles. The zero-order chi connectivity index (χ0) is 13.1. The molecular formula is C12H26N2O2S. The Labute approximate surface area is 106 Å². The molecule has 0 amide bonds. The summed E-state index contributed by atoms with van der Waals surface area (Å²) < 4.78 is 26.8. The van der Waals surface area contributed by atoms with E-state index in [1.807, 2.05) is 20.8 Å². The largest absolute Gasteiger partial charge is 0.313 e. The van der Waals surface area contributed by atoms with Gasteiger partial charge in [0.2, 0.25) is 10.0 Å². The van der Waals surface area contributed by atoms with E-state index in [-0.39, 0.29) is 11.3 Å². The fraction of sp³-hybridized carbons (Fsp3) is 1.00. The van der Waals surface area contributed by atoms with Crippen molar-refractivity contribution in [2.24, 2.45) is 5.92 Å². The lowest BCUT2D eigenvalue weighted by atomic mass is 10.2. The van der Waals surface area contributed by atoms with E-state index >= 15 is 0 Å². The first-order valence-corrected chi connectivity index (χ1v) is 8.10. The van der Waals surface area contributed by atoms with Crippen LogP contribution < -0.4 is 10.0 Å². The van der Waals surface area contributed by atoms with Gasteiger partial charge in [0, 0.05) is 18.6 Å². The summed E-state index contributed by atoms with van der Waals surface area (Å²) in [6, 6.07) is 0.380. The summed E-state index contributed by atoms with van der Waals surface area (Å²) in [4.78, 5) is 0. The maximum atomic E-state index is 12.0. The third-order valence-corrected chi connectivity index (χ3v) is 5.05. The minimum Gasteiger partial charge on any atom is -0.313 e. The maximum absolute atomic E-state index is 12.0. The molecule has 0 aliphatic heterocycles. The highest BCUT2D eigenvalue weighted by Crippen LogP contribution is 2.33. The van der Waals surface area contributed by atoms with Gasteiger partial charge in [0.25, 0.3) is 0 Å². The average molecular weight is 262 g/mol. The predicted octanol–water partition coefficient (Wildman–Crippen LogP) is 1.48. The lowest BCUT2D eigenvalue weighted by Gasteiger charge is -2.19. The number of hydrogen-bond donors (Lipinski definition) is 2. The van der Waals surface area contributed by atoms with E-state index in [0.717, 1.165) is 12.3 Å². The standard InChI is InChI=1S/C12H26N2O2S/c1-9(2)13-8-11(4)17(15,16)14-10(3)7-12-5-6-12/h9-14H,5-8H2,1-4H3. The maximum Gasteiger partial charge on any atom is 0.215 e. The minimum atomic E-state index is -3.19. The van der Waals surface area contributed by atoms with E-state index in [1.165, 1.54) is 12.8 Å². The molecule has 2 unspecified atom stereocenters. The van der Waals surface area contributed by atoms with Crippen molar-refractivity contribution >= 4 is 10.0 Å². The van der Waals surface area contributed by atoms with Crippen LogP contribution in [0, 0.1) is 5.92 Å². The third kappa shape index (κ3) is 5.84. The Balaban J connectivity index is 2.36. The molecule has 0 radical (unpaired) electrons. The Kier molecular flexibility index (Phi) is 5.41. The van der Waals surface area contributed by atoms with E-state index in [4.69, 9.17) is 0 Å². The van der Waals surface area contributed by atoms with Gasteiger partial charge in [-0.15, -0.1) is 0 Å². The van der Waals surface area contributed by atoms with Crippen LogP contribution in [-0.2, 0) is 10.0 Å². The number of sulfonamides is 1. The van der Waals surface area contributed by atoms with Crippen molar-refractivity contribution in [3.63, 3.8) is 0 Å². The van der Waals surface area contributed by atoms with Crippen LogP contribution in [0.1, 0.15) is 47.0 Å². The summed E-state index contributed by atoms with van der Waals surface area (Å²) in [6.07, 6.45) is 3.50. The molecule has 5 heteroatoms. The second kappa shape index (κ2) is 6.16. The van der Waals surface area contributed by atoms with Crippen molar-refractivity contribution < 1.29 is 8.42 Å². The Morgan fingerprint density at radius 3 is 2.24 bits per heavy atom. The quantitative estimate of drug-likeness (QED) is 0.696. The SMILES string of the molecule is CC(C)NCC(C)S(=O)(=O)NC(C)CC1CC1. The summed E-state index contributed by atoms with van der Waals surface area (Å²) in [5.74, 6) is 0.747. The van der Waals surface area contributed by atoms with E-state index in [0.29, 0.717) is 12.6 Å². The molecule has 1 aliphatic rings. The van der Waals surface area contributed by atoms with Crippen molar-refractivity contribution in [1.82, 2.24) is 10.0 Å². The molecule has 2 N–H and O–H groups in total. The highest BCUT2D eigenvalue weighted by molar-refractivity contribution is 7.90. The van der Waals surface area contributed by atoms with E-state index in [2.05, 4.69) is 10.0 Å². The first-order chi connectivity index (χ1) is 7.81. The van der Waals surface area contributed by atoms with Crippen LogP contribution in [0.15, 0.2) is 0 Å². The monoisotopic (exact) mass is 262 g/mol. The van der Waals surface area contributed by atoms with Crippen molar-refractivity contribution in [3.8, 4) is 0 Å². The molecule has 0 bridgehead atoms. The van der Waals surface area contributed by atoms with Crippen molar-refractivity contribution in [2.75, 3.05) is 6.54 Å². The van der Waals surface area contributed by atoms with Crippen molar-refractivity contribution in [1.29, 1.82) is 0 Å². The van der Waals surface area contributed by atoms with Gasteiger partial charge in [0.1, 0.15) is 0 Å². The van der Waals surface area contributed by atoms with Crippen LogP contribution in [0.4, 0.5) is 0 Å². The van der Waals surface area contributed by atoms with Gasteiger partial charge < -0.3 is 5.32 Å². The normalized spacial score (nSPS) is 20.5. The van der Waals surface area contributed by atoms with E-state index < -0.39 is 10.0 Å². The topological polar surface area (TPSA) is 58.2 Å². The van der Waals surface area contributed by atoms with Crippen molar-refractivity contribution in [3.05, 3.63) is 0 Å². The van der Waals surface area contributed by atoms with Crippen LogP contribution in [0.25, 0.3) is 0 Å². The van der Waals surface area contributed by atoms with Gasteiger partial charge in [-0.1, -0.05) is 26.7 Å². The molecule has 0 heterocycles. The first kappa shape index (κ1) is 14.9. The van der Waals surface area contributed by atoms with Gasteiger partial charge in [0.05, 0.1) is 5.25 Å². The highest BCUT2D eigenvalue weighted by Gasteiger charge is 2.27. The lowest BCUT2D eigenvalue weighted by molar-refractivity contribution is 0.510. The van der Waals surface area contributed by atoms with Crippen LogP contribution in [0.5, 0.6) is 0 Å². The summed E-state index contributed by atoms with van der Waals surface area (Å²) in [6.45, 7) is 8.24. The van der Waals surface area contributed by atoms with Crippen LogP contribution in [-0.4, -0.2) is 32.3 Å².